The zero-order valence-corrected chi connectivity index (χ0v) is 29.9. The zero-order chi connectivity index (χ0) is 37.0. The number of aliphatic hydroxyl groups is 5. The van der Waals surface area contributed by atoms with Crippen molar-refractivity contribution in [2.45, 2.75) is 99.8 Å². The smallest absolute Gasteiger partial charge is 0.264 e. The highest BCUT2D eigenvalue weighted by molar-refractivity contribution is 6.72. The number of nitrogens with one attached hydrogen (secondary N) is 1. The molecule has 4 heterocycles. The van der Waals surface area contributed by atoms with Crippen LogP contribution in [-0.2, 0) is 36.0 Å². The number of halogens is 1. The van der Waals surface area contributed by atoms with Gasteiger partial charge in [-0.05, 0) is 61.8 Å². The van der Waals surface area contributed by atoms with Crippen molar-refractivity contribution in [3.63, 3.8) is 0 Å². The number of aliphatic hydroxyl groups excluding tert-OH is 5. The number of fused-ring (bicyclic) bond motifs is 2. The first-order valence-electron chi connectivity index (χ1n) is 17.2. The van der Waals surface area contributed by atoms with E-state index in [0.717, 1.165) is 6.42 Å². The Hall–Kier alpha value is -3.48. The lowest BCUT2D eigenvalue weighted by molar-refractivity contribution is -0.274. The molecule has 16 heteroatoms. The predicted octanol–water partition coefficient (Wildman–Crippen LogP) is 1.13. The summed E-state index contributed by atoms with van der Waals surface area (Å²) in [7, 11) is -2.03. The number of ether oxygens (including phenoxy) is 3. The van der Waals surface area contributed by atoms with Crippen LogP contribution in [0.5, 0.6) is 5.75 Å². The van der Waals surface area contributed by atoms with Crippen LogP contribution in [-0.4, -0.2) is 120 Å². The third kappa shape index (κ3) is 6.56. The van der Waals surface area contributed by atoms with Crippen molar-refractivity contribution in [3.8, 4) is 5.75 Å². The van der Waals surface area contributed by atoms with E-state index in [0.29, 0.717) is 41.2 Å². The van der Waals surface area contributed by atoms with Crippen molar-refractivity contribution in [3.05, 3.63) is 53.6 Å². The fourth-order valence-corrected chi connectivity index (χ4v) is 10.8. The number of carbonyl (C=O) groups is 3. The lowest BCUT2D eigenvalue weighted by atomic mass is 9.82. The van der Waals surface area contributed by atoms with Gasteiger partial charge in [-0.2, -0.15) is 0 Å². The Morgan fingerprint density at radius 2 is 1.78 bits per heavy atom. The van der Waals surface area contributed by atoms with Gasteiger partial charge in [0.2, 0.25) is 14.3 Å². The first-order valence-corrected chi connectivity index (χ1v) is 20.1. The molecule has 6 rings (SSSR count). The summed E-state index contributed by atoms with van der Waals surface area (Å²) in [5, 5.41) is 52.0. The predicted molar refractivity (Wildman–Crippen MR) is 183 cm³/mol. The van der Waals surface area contributed by atoms with Gasteiger partial charge in [0.25, 0.3) is 11.8 Å². The molecule has 278 valence electrons. The quantitative estimate of drug-likeness (QED) is 0.160. The highest BCUT2D eigenvalue weighted by Crippen LogP contribution is 2.60. The number of anilines is 2. The summed E-state index contributed by atoms with van der Waals surface area (Å²) >= 11 is 0. The van der Waals surface area contributed by atoms with E-state index in [1.54, 1.807) is 65.4 Å². The van der Waals surface area contributed by atoms with Gasteiger partial charge in [0, 0.05) is 29.3 Å². The van der Waals surface area contributed by atoms with E-state index < -0.39 is 74.1 Å². The van der Waals surface area contributed by atoms with Crippen molar-refractivity contribution < 1.29 is 58.2 Å². The van der Waals surface area contributed by atoms with Crippen LogP contribution in [0.3, 0.4) is 0 Å². The second-order valence-electron chi connectivity index (χ2n) is 14.4. The van der Waals surface area contributed by atoms with E-state index >= 15 is 4.11 Å². The largest absolute Gasteiger partial charge is 0.497 e. The molecule has 3 amide bonds. The summed E-state index contributed by atoms with van der Waals surface area (Å²) in [5.74, 6) is -1.64. The Morgan fingerprint density at radius 1 is 1.08 bits per heavy atom. The van der Waals surface area contributed by atoms with Crippen LogP contribution in [0.15, 0.2) is 42.5 Å². The second kappa shape index (κ2) is 14.2. The lowest BCUT2D eigenvalue weighted by Crippen LogP contribution is -2.60. The summed E-state index contributed by atoms with van der Waals surface area (Å²) in [4.78, 5) is 44.3. The van der Waals surface area contributed by atoms with Gasteiger partial charge < -0.3 is 59.0 Å². The van der Waals surface area contributed by atoms with Crippen LogP contribution in [0, 0.1) is 5.92 Å². The highest BCUT2D eigenvalue weighted by Gasteiger charge is 2.67. The number of methoxy groups -OCH3 is 1. The molecule has 3 saturated heterocycles. The van der Waals surface area contributed by atoms with Gasteiger partial charge in [0.05, 0.1) is 44.5 Å². The minimum Gasteiger partial charge on any atom is -0.497 e. The fourth-order valence-electron chi connectivity index (χ4n) is 8.32. The average Bonchev–Trinajstić information content (AvgIpc) is 3.76. The highest BCUT2D eigenvalue weighted by atomic mass is 28.4. The minimum atomic E-state index is -3.54. The maximum atomic E-state index is 16.3. The van der Waals surface area contributed by atoms with Crippen LogP contribution in [0.2, 0.25) is 18.6 Å². The topological polar surface area (TPSA) is 199 Å². The van der Waals surface area contributed by atoms with Crippen molar-refractivity contribution in [2.24, 2.45) is 5.92 Å². The minimum absolute atomic E-state index is 0.0849. The van der Waals surface area contributed by atoms with Crippen molar-refractivity contribution in [1.29, 1.82) is 0 Å². The summed E-state index contributed by atoms with van der Waals surface area (Å²) in [5.41, 5.74) is -0.244. The second-order valence-corrected chi connectivity index (χ2v) is 18.2. The number of likely N-dealkylation sites (tertiary alicyclic amines) is 1. The molecule has 2 aromatic rings. The molecule has 14 nitrogen and oxygen atoms in total. The number of benzene rings is 2. The SMILES string of the molecule is COc1ccc2c(c1)[C@]1(O[C@@H](CC(=O)N3CCC[C@H]3CO)[C@H]([Si](C)(C)F)[C@H]1C)C(=O)N2Cc1ccc(NC(=O)[C@H]2O[C@@H](O)[C@H](O)[C@@H](O)[C@@H]2O)cc1. The number of rotatable bonds is 9. The zero-order valence-electron chi connectivity index (χ0n) is 28.9. The van der Waals surface area contributed by atoms with E-state index in [9.17, 15) is 39.9 Å². The molecule has 51 heavy (non-hydrogen) atoms. The number of carbonyl (C=O) groups excluding carboxylic acids is 3. The normalized spacial score (nSPS) is 33.5. The van der Waals surface area contributed by atoms with Crippen LogP contribution in [0.1, 0.15) is 37.3 Å². The Bertz CT molecular complexity index is 1640. The van der Waals surface area contributed by atoms with E-state index in [2.05, 4.69) is 5.32 Å². The van der Waals surface area contributed by atoms with Crippen LogP contribution in [0.25, 0.3) is 0 Å². The standard InChI is InChI=1S/C35H46FN3O11Si/c1-18-31(51(3,4)36)25(15-26(41)38-13-5-6-21(38)17-40)50-35(18)23-14-22(48-2)11-12-24(23)39(34(35)47)16-19-7-9-20(10-8-19)37-32(45)30-28(43)27(42)29(44)33(46)49-30/h7-12,14,18,21,25,27-31,33,40,42-44,46H,5-6,13,15-17H2,1-4H3,(H,37,45)/t18-,21+,25+,27+,28+,29-,30+,31-,33-,35+/m1/s1. The number of amides is 3. The molecule has 2 aromatic carbocycles. The molecule has 0 radical (unpaired) electrons. The molecular formula is C35H46FN3O11Si. The van der Waals surface area contributed by atoms with Crippen LogP contribution >= 0.6 is 0 Å². The monoisotopic (exact) mass is 731 g/mol. The Labute approximate surface area is 295 Å². The Kier molecular flexibility index (Phi) is 10.3. The molecule has 0 aliphatic carbocycles. The summed E-state index contributed by atoms with van der Waals surface area (Å²) in [6.45, 7) is 5.37. The van der Waals surface area contributed by atoms with Crippen LogP contribution in [0.4, 0.5) is 15.5 Å². The molecular weight excluding hydrogens is 685 g/mol. The molecule has 10 atom stereocenters. The van der Waals surface area contributed by atoms with E-state index in [1.165, 1.54) is 7.11 Å². The van der Waals surface area contributed by atoms with Crippen molar-refractivity contribution >= 4 is 37.5 Å². The molecule has 6 N–H and O–H groups in total. The summed E-state index contributed by atoms with van der Waals surface area (Å²) < 4.78 is 33.5. The third-order valence-corrected chi connectivity index (χ3v) is 13.3. The Balaban J connectivity index is 1.25. The molecule has 0 unspecified atom stereocenters. The molecule has 4 aliphatic rings. The molecule has 1 spiro atoms. The van der Waals surface area contributed by atoms with E-state index in [-0.39, 0.29) is 31.5 Å². The van der Waals surface area contributed by atoms with E-state index in [1.807, 2.05) is 6.92 Å². The summed E-state index contributed by atoms with van der Waals surface area (Å²) in [6, 6.07) is 11.4. The summed E-state index contributed by atoms with van der Waals surface area (Å²) in [6.07, 6.45) is -8.41. The molecule has 0 saturated carbocycles. The van der Waals surface area contributed by atoms with Gasteiger partial charge in [-0.3, -0.25) is 14.4 Å². The maximum absolute atomic E-state index is 16.3. The third-order valence-electron chi connectivity index (χ3n) is 10.9. The van der Waals surface area contributed by atoms with Gasteiger partial charge >= 0.3 is 0 Å². The maximum Gasteiger partial charge on any atom is 0.264 e. The number of hydrogen-bond donors (Lipinski definition) is 6. The van der Waals surface area contributed by atoms with Crippen molar-refractivity contribution in [1.82, 2.24) is 4.90 Å². The molecule has 4 aliphatic heterocycles. The van der Waals surface area contributed by atoms with Gasteiger partial charge in [0.15, 0.2) is 18.0 Å². The van der Waals surface area contributed by atoms with Gasteiger partial charge in [-0.15, -0.1) is 0 Å². The van der Waals surface area contributed by atoms with Crippen molar-refractivity contribution in [2.75, 3.05) is 30.5 Å². The fraction of sp³-hybridized carbons (Fsp3) is 0.571. The molecule has 3 fully saturated rings. The van der Waals surface area contributed by atoms with Gasteiger partial charge in [-0.25, -0.2) is 0 Å². The first-order chi connectivity index (χ1) is 24.1. The first kappa shape index (κ1) is 37.3. The molecule has 0 bridgehead atoms. The van der Waals surface area contributed by atoms with E-state index in [4.69, 9.17) is 14.2 Å². The van der Waals surface area contributed by atoms with Gasteiger partial charge in [0.1, 0.15) is 24.1 Å². The lowest BCUT2D eigenvalue weighted by Gasteiger charge is -2.37. The van der Waals surface area contributed by atoms with Gasteiger partial charge in [-0.1, -0.05) is 19.1 Å². The molecule has 0 aromatic heterocycles. The number of hydrogen-bond acceptors (Lipinski definition) is 11. The Morgan fingerprint density at radius 3 is 2.43 bits per heavy atom. The average molecular weight is 732 g/mol. The number of nitrogens with zero attached hydrogens (tertiary/aromatic N) is 2. The van der Waals surface area contributed by atoms with Crippen LogP contribution < -0.4 is 15.0 Å².